The molecule has 0 amide bonds. The first-order valence-electron chi connectivity index (χ1n) is 8.62. The molecule has 2 N–H and O–H groups in total. The summed E-state index contributed by atoms with van der Waals surface area (Å²) < 4.78 is 19.2. The SMILES string of the molecule is CCCSc1nc(OC)c2[nH]n([C@@H]3C[C@H](O)[C@H]4OC(C)(C)O[C@H]43)c2n1. The fraction of sp³-hybridized carbons (Fsp3) is 0.750. The van der Waals surface area contributed by atoms with E-state index in [0.29, 0.717) is 17.5 Å². The summed E-state index contributed by atoms with van der Waals surface area (Å²) in [5.74, 6) is 0.806. The number of rotatable bonds is 5. The molecule has 0 aromatic carbocycles. The second kappa shape index (κ2) is 6.15. The Morgan fingerprint density at radius 3 is 2.84 bits per heavy atom. The van der Waals surface area contributed by atoms with E-state index in [0.717, 1.165) is 23.3 Å². The number of aliphatic hydroxyl groups is 1. The summed E-state index contributed by atoms with van der Waals surface area (Å²) in [7, 11) is 1.60. The molecular formula is C16H24N4O4S. The Morgan fingerprint density at radius 2 is 2.12 bits per heavy atom. The molecule has 8 nitrogen and oxygen atoms in total. The minimum atomic E-state index is -0.686. The van der Waals surface area contributed by atoms with Gasteiger partial charge in [-0.3, -0.25) is 9.78 Å². The Morgan fingerprint density at radius 1 is 1.36 bits per heavy atom. The van der Waals surface area contributed by atoms with Crippen molar-refractivity contribution in [1.82, 2.24) is 19.7 Å². The molecule has 1 aliphatic carbocycles. The minimum absolute atomic E-state index is 0.0575. The van der Waals surface area contributed by atoms with Gasteiger partial charge in [0.15, 0.2) is 22.1 Å². The van der Waals surface area contributed by atoms with Gasteiger partial charge in [-0.25, -0.2) is 4.98 Å². The van der Waals surface area contributed by atoms with Crippen molar-refractivity contribution in [3.63, 3.8) is 0 Å². The number of aliphatic hydroxyl groups excluding tert-OH is 1. The molecule has 1 aliphatic heterocycles. The third-order valence-corrected chi connectivity index (χ3v) is 5.72. The Hall–Kier alpha value is -1.29. The van der Waals surface area contributed by atoms with Crippen LogP contribution in [0.15, 0.2) is 5.16 Å². The lowest BCUT2D eigenvalue weighted by Gasteiger charge is -2.27. The highest BCUT2D eigenvalue weighted by atomic mass is 32.2. The maximum atomic E-state index is 10.4. The number of aromatic nitrogens is 4. The molecule has 2 aromatic rings. The molecule has 0 bridgehead atoms. The lowest BCUT2D eigenvalue weighted by Crippen LogP contribution is -2.31. The highest BCUT2D eigenvalue weighted by molar-refractivity contribution is 7.99. The predicted octanol–water partition coefficient (Wildman–Crippen LogP) is 2.10. The van der Waals surface area contributed by atoms with Crippen LogP contribution in [-0.4, -0.2) is 61.8 Å². The van der Waals surface area contributed by atoms with Crippen molar-refractivity contribution in [2.45, 2.75) is 68.9 Å². The molecule has 4 rings (SSSR count). The molecule has 2 aliphatic rings. The number of thioether (sulfide) groups is 1. The van der Waals surface area contributed by atoms with Crippen LogP contribution in [0.5, 0.6) is 5.88 Å². The van der Waals surface area contributed by atoms with Crippen molar-refractivity contribution >= 4 is 22.9 Å². The standard InChI is InChI=1S/C16H24N4O4S/c1-5-6-25-15-17-13-10(14(18-15)22-4)19-20(13)8-7-9(21)12-11(8)23-16(2,3)24-12/h8-9,11-12,19,21H,5-7H2,1-4H3/t8-,9+,11+,12-/m1/s1. The molecule has 25 heavy (non-hydrogen) atoms. The molecule has 1 saturated heterocycles. The number of nitrogens with one attached hydrogen (secondary N) is 1. The molecule has 2 aromatic heterocycles. The number of hydrogen-bond acceptors (Lipinski definition) is 7. The van der Waals surface area contributed by atoms with E-state index < -0.39 is 11.9 Å². The van der Waals surface area contributed by atoms with E-state index >= 15 is 0 Å². The van der Waals surface area contributed by atoms with Crippen LogP contribution in [0.25, 0.3) is 11.2 Å². The number of aromatic amines is 1. The number of hydrogen-bond donors (Lipinski definition) is 2. The van der Waals surface area contributed by atoms with E-state index in [1.807, 2.05) is 18.5 Å². The third kappa shape index (κ3) is 2.83. The average Bonchev–Trinajstić information content (AvgIpc) is 3.01. The molecule has 0 radical (unpaired) electrons. The summed E-state index contributed by atoms with van der Waals surface area (Å²) in [5.41, 5.74) is 1.57. The first kappa shape index (κ1) is 17.1. The van der Waals surface area contributed by atoms with Gasteiger partial charge in [-0.2, -0.15) is 4.98 Å². The van der Waals surface area contributed by atoms with Gasteiger partial charge in [0.25, 0.3) is 0 Å². The Balaban J connectivity index is 1.68. The average molecular weight is 368 g/mol. The van der Waals surface area contributed by atoms with E-state index in [9.17, 15) is 5.11 Å². The first-order valence-corrected chi connectivity index (χ1v) is 9.60. The van der Waals surface area contributed by atoms with Crippen molar-refractivity contribution in [3.05, 3.63) is 0 Å². The number of nitrogens with zero attached hydrogens (tertiary/aromatic N) is 3. The van der Waals surface area contributed by atoms with Gasteiger partial charge in [0.1, 0.15) is 12.2 Å². The highest BCUT2D eigenvalue weighted by Crippen LogP contribution is 2.45. The summed E-state index contributed by atoms with van der Waals surface area (Å²) in [4.78, 5) is 9.11. The van der Waals surface area contributed by atoms with Gasteiger partial charge in [0, 0.05) is 12.2 Å². The van der Waals surface area contributed by atoms with Gasteiger partial charge >= 0.3 is 0 Å². The molecule has 4 atom stereocenters. The fourth-order valence-corrected chi connectivity index (χ4v) is 4.31. The first-order chi connectivity index (χ1) is 11.9. The Labute approximate surface area is 150 Å². The molecular weight excluding hydrogens is 344 g/mol. The summed E-state index contributed by atoms with van der Waals surface area (Å²) >= 11 is 1.61. The summed E-state index contributed by atoms with van der Waals surface area (Å²) in [5, 5.41) is 14.3. The van der Waals surface area contributed by atoms with E-state index in [2.05, 4.69) is 22.0 Å². The molecule has 0 spiro atoms. The van der Waals surface area contributed by atoms with Crippen LogP contribution < -0.4 is 4.74 Å². The maximum absolute atomic E-state index is 10.4. The topological polar surface area (TPSA) is 94.4 Å². The molecule has 1 saturated carbocycles. The smallest absolute Gasteiger partial charge is 0.245 e. The van der Waals surface area contributed by atoms with Crippen LogP contribution in [0.2, 0.25) is 0 Å². The van der Waals surface area contributed by atoms with Gasteiger partial charge in [0.2, 0.25) is 5.88 Å². The van der Waals surface area contributed by atoms with Crippen molar-refractivity contribution in [2.24, 2.45) is 0 Å². The van der Waals surface area contributed by atoms with Crippen molar-refractivity contribution in [2.75, 3.05) is 12.9 Å². The second-order valence-electron chi connectivity index (χ2n) is 6.98. The van der Waals surface area contributed by atoms with E-state index in [4.69, 9.17) is 14.2 Å². The number of ether oxygens (including phenoxy) is 3. The van der Waals surface area contributed by atoms with Crippen LogP contribution in [0.3, 0.4) is 0 Å². The number of H-pyrrole nitrogens is 1. The van der Waals surface area contributed by atoms with Gasteiger partial charge in [-0.05, 0) is 20.3 Å². The predicted molar refractivity (Wildman–Crippen MR) is 92.9 cm³/mol. The van der Waals surface area contributed by atoms with Crippen LogP contribution in [0.1, 0.15) is 39.7 Å². The van der Waals surface area contributed by atoms with Gasteiger partial charge in [-0.15, -0.1) is 0 Å². The zero-order valence-electron chi connectivity index (χ0n) is 14.9. The Bertz CT molecular complexity index is 774. The maximum Gasteiger partial charge on any atom is 0.245 e. The van der Waals surface area contributed by atoms with E-state index in [1.165, 1.54) is 0 Å². The van der Waals surface area contributed by atoms with Crippen LogP contribution in [0.4, 0.5) is 0 Å². The zero-order chi connectivity index (χ0) is 17.8. The van der Waals surface area contributed by atoms with Crippen molar-refractivity contribution < 1.29 is 19.3 Å². The van der Waals surface area contributed by atoms with Gasteiger partial charge in [-0.1, -0.05) is 18.7 Å². The molecule has 138 valence electrons. The second-order valence-corrected chi connectivity index (χ2v) is 8.04. The highest BCUT2D eigenvalue weighted by Gasteiger charge is 2.55. The van der Waals surface area contributed by atoms with Crippen LogP contribution in [0, 0.1) is 0 Å². The molecule has 0 unspecified atom stereocenters. The Kier molecular flexibility index (Phi) is 4.22. The zero-order valence-corrected chi connectivity index (χ0v) is 15.7. The number of fused-ring (bicyclic) bond motifs is 2. The van der Waals surface area contributed by atoms with Gasteiger partial charge in [0.05, 0.1) is 19.3 Å². The van der Waals surface area contributed by atoms with Crippen molar-refractivity contribution in [1.29, 1.82) is 0 Å². The quantitative estimate of drug-likeness (QED) is 0.616. The lowest BCUT2D eigenvalue weighted by atomic mass is 10.2. The molecule has 3 heterocycles. The largest absolute Gasteiger partial charge is 0.479 e. The molecule has 9 heteroatoms. The third-order valence-electron chi connectivity index (χ3n) is 4.66. The van der Waals surface area contributed by atoms with Gasteiger partial charge < -0.3 is 19.3 Å². The summed E-state index contributed by atoms with van der Waals surface area (Å²) in [6.07, 6.45) is 0.526. The molecule has 2 fully saturated rings. The lowest BCUT2D eigenvalue weighted by molar-refractivity contribution is -0.166. The van der Waals surface area contributed by atoms with Crippen LogP contribution in [-0.2, 0) is 9.47 Å². The van der Waals surface area contributed by atoms with E-state index in [1.54, 1.807) is 18.9 Å². The normalized spacial score (nSPS) is 30.9. The van der Waals surface area contributed by atoms with Crippen molar-refractivity contribution in [3.8, 4) is 5.88 Å². The fourth-order valence-electron chi connectivity index (χ4n) is 3.63. The van der Waals surface area contributed by atoms with Crippen LogP contribution >= 0.6 is 11.8 Å². The number of methoxy groups -OCH3 is 1. The summed E-state index contributed by atoms with van der Waals surface area (Å²) in [6, 6.07) is -0.0575. The summed E-state index contributed by atoms with van der Waals surface area (Å²) in [6.45, 7) is 5.87. The van der Waals surface area contributed by atoms with E-state index in [-0.39, 0.29) is 18.2 Å². The minimum Gasteiger partial charge on any atom is -0.479 e. The monoisotopic (exact) mass is 368 g/mol.